The van der Waals surface area contributed by atoms with Gasteiger partial charge in [0.05, 0.1) is 10.5 Å². The monoisotopic (exact) mass is 477 g/mol. The van der Waals surface area contributed by atoms with Crippen LogP contribution in [-0.4, -0.2) is 46.8 Å². The van der Waals surface area contributed by atoms with E-state index in [1.165, 1.54) is 28.8 Å². The van der Waals surface area contributed by atoms with Gasteiger partial charge in [-0.3, -0.25) is 19.8 Å². The summed E-state index contributed by atoms with van der Waals surface area (Å²) >= 11 is 0. The minimum atomic E-state index is -0.523. The molecule has 1 amide bonds. The first-order valence-electron chi connectivity index (χ1n) is 12.1. The fraction of sp³-hybridized carbons (Fsp3) is 0.167. The summed E-state index contributed by atoms with van der Waals surface area (Å²) in [6, 6.07) is 37.5. The van der Waals surface area contributed by atoms with Crippen molar-refractivity contribution in [1.29, 1.82) is 0 Å². The van der Waals surface area contributed by atoms with Crippen LogP contribution in [0.3, 0.4) is 0 Å². The van der Waals surface area contributed by atoms with Crippen molar-refractivity contribution < 1.29 is 9.72 Å². The van der Waals surface area contributed by atoms with Crippen LogP contribution in [0.25, 0.3) is 0 Å². The van der Waals surface area contributed by atoms with Crippen LogP contribution in [0.2, 0.25) is 0 Å². The number of benzene rings is 4. The first-order valence-corrected chi connectivity index (χ1v) is 12.1. The van der Waals surface area contributed by atoms with Crippen LogP contribution in [-0.2, 0) is 5.54 Å². The molecule has 0 aliphatic carbocycles. The molecule has 1 fully saturated rings. The van der Waals surface area contributed by atoms with Crippen LogP contribution in [0, 0.1) is 10.1 Å². The Kier molecular flexibility index (Phi) is 6.60. The summed E-state index contributed by atoms with van der Waals surface area (Å²) in [5.74, 6) is -0.178. The molecule has 6 nitrogen and oxygen atoms in total. The molecular weight excluding hydrogens is 450 g/mol. The number of hydrogen-bond donors (Lipinski definition) is 0. The minimum absolute atomic E-state index is 0.0734. The van der Waals surface area contributed by atoms with Gasteiger partial charge in [-0.05, 0) is 22.8 Å². The Morgan fingerprint density at radius 3 is 1.58 bits per heavy atom. The number of nitro groups is 1. The average Bonchev–Trinajstić information content (AvgIpc) is 2.95. The molecule has 1 heterocycles. The third kappa shape index (κ3) is 4.27. The maximum atomic E-state index is 13.2. The summed E-state index contributed by atoms with van der Waals surface area (Å²) in [5, 5.41) is 11.2. The number of rotatable bonds is 6. The second kappa shape index (κ2) is 10.1. The van der Waals surface area contributed by atoms with E-state index in [1.54, 1.807) is 17.0 Å². The number of hydrogen-bond acceptors (Lipinski definition) is 4. The van der Waals surface area contributed by atoms with Crippen LogP contribution < -0.4 is 0 Å². The van der Waals surface area contributed by atoms with Crippen LogP contribution in [0.1, 0.15) is 27.0 Å². The summed E-state index contributed by atoms with van der Waals surface area (Å²) in [7, 11) is 0. The van der Waals surface area contributed by atoms with Gasteiger partial charge in [0.1, 0.15) is 0 Å². The molecule has 0 bridgehead atoms. The van der Waals surface area contributed by atoms with E-state index >= 15 is 0 Å². The van der Waals surface area contributed by atoms with Crippen molar-refractivity contribution in [2.24, 2.45) is 0 Å². The largest absolute Gasteiger partial charge is 0.336 e. The predicted molar refractivity (Wildman–Crippen MR) is 140 cm³/mol. The molecule has 0 N–H and O–H groups in total. The number of nitrogens with zero attached hydrogens (tertiary/aromatic N) is 3. The average molecular weight is 478 g/mol. The maximum Gasteiger partial charge on any atom is 0.270 e. The standard InChI is InChI=1S/C30H27N3O3/c34-29(24-11-10-18-28(23-24)33(35)36)31-19-21-32(22-20-31)30(25-12-4-1-5-13-25,26-14-6-2-7-15-26)27-16-8-3-9-17-27/h1-18,23H,19-22H2. The summed E-state index contributed by atoms with van der Waals surface area (Å²) in [4.78, 5) is 28.2. The zero-order chi connectivity index (χ0) is 25.0. The van der Waals surface area contributed by atoms with Crippen molar-refractivity contribution in [3.63, 3.8) is 0 Å². The van der Waals surface area contributed by atoms with E-state index in [0.29, 0.717) is 31.7 Å². The summed E-state index contributed by atoms with van der Waals surface area (Å²) in [6.45, 7) is 2.35. The van der Waals surface area contributed by atoms with Crippen LogP contribution in [0.15, 0.2) is 115 Å². The highest BCUT2D eigenvalue weighted by Gasteiger charge is 2.43. The molecule has 0 spiro atoms. The van der Waals surface area contributed by atoms with Gasteiger partial charge in [0.2, 0.25) is 0 Å². The maximum absolute atomic E-state index is 13.2. The first kappa shape index (κ1) is 23.5. The molecule has 5 rings (SSSR count). The normalized spacial score (nSPS) is 14.4. The minimum Gasteiger partial charge on any atom is -0.336 e. The molecule has 6 heteroatoms. The number of nitro benzene ring substituents is 1. The third-order valence-corrected chi connectivity index (χ3v) is 6.92. The molecule has 0 atom stereocenters. The highest BCUT2D eigenvalue weighted by atomic mass is 16.6. The molecule has 4 aromatic carbocycles. The fourth-order valence-electron chi connectivity index (χ4n) is 5.27. The quantitative estimate of drug-likeness (QED) is 0.213. The van der Waals surface area contributed by atoms with Gasteiger partial charge in [0, 0.05) is 43.9 Å². The van der Waals surface area contributed by atoms with E-state index < -0.39 is 10.5 Å². The molecule has 180 valence electrons. The van der Waals surface area contributed by atoms with Gasteiger partial charge in [-0.15, -0.1) is 0 Å². The molecule has 0 radical (unpaired) electrons. The highest BCUT2D eigenvalue weighted by Crippen LogP contribution is 2.42. The van der Waals surface area contributed by atoms with Crippen molar-refractivity contribution in [3.8, 4) is 0 Å². The van der Waals surface area contributed by atoms with Gasteiger partial charge >= 0.3 is 0 Å². The van der Waals surface area contributed by atoms with E-state index in [0.717, 1.165) is 0 Å². The molecule has 36 heavy (non-hydrogen) atoms. The van der Waals surface area contributed by atoms with E-state index in [4.69, 9.17) is 0 Å². The lowest BCUT2D eigenvalue weighted by atomic mass is 9.75. The molecule has 0 aromatic heterocycles. The van der Waals surface area contributed by atoms with E-state index in [9.17, 15) is 14.9 Å². The smallest absolute Gasteiger partial charge is 0.270 e. The van der Waals surface area contributed by atoms with Crippen molar-refractivity contribution >= 4 is 11.6 Å². The second-order valence-corrected chi connectivity index (χ2v) is 8.90. The summed E-state index contributed by atoms with van der Waals surface area (Å²) in [6.07, 6.45) is 0. The second-order valence-electron chi connectivity index (χ2n) is 8.90. The van der Waals surface area contributed by atoms with E-state index in [1.807, 2.05) is 18.2 Å². The summed E-state index contributed by atoms with van der Waals surface area (Å²) in [5.41, 5.74) is 3.25. The molecular formula is C30H27N3O3. The topological polar surface area (TPSA) is 66.7 Å². The molecule has 1 aliphatic heterocycles. The molecule has 1 saturated heterocycles. The molecule has 1 aliphatic rings. The summed E-state index contributed by atoms with van der Waals surface area (Å²) < 4.78 is 0. The number of carbonyl (C=O) groups is 1. The SMILES string of the molecule is O=C(c1cccc([N+](=O)[O-])c1)N1CCN(C(c2ccccc2)(c2ccccc2)c2ccccc2)CC1. The lowest BCUT2D eigenvalue weighted by Gasteiger charge is -2.49. The van der Waals surface area contributed by atoms with Gasteiger partial charge in [0.15, 0.2) is 0 Å². The molecule has 0 saturated carbocycles. The van der Waals surface area contributed by atoms with Crippen molar-refractivity contribution in [2.45, 2.75) is 5.54 Å². The van der Waals surface area contributed by atoms with Crippen molar-refractivity contribution in [3.05, 3.63) is 148 Å². The Balaban J connectivity index is 1.51. The predicted octanol–water partition coefficient (Wildman–Crippen LogP) is 5.34. The van der Waals surface area contributed by atoms with Gasteiger partial charge in [-0.1, -0.05) is 97.1 Å². The third-order valence-electron chi connectivity index (χ3n) is 6.92. The Bertz CT molecular complexity index is 1240. The Morgan fingerprint density at radius 2 is 1.14 bits per heavy atom. The van der Waals surface area contributed by atoms with Gasteiger partial charge in [0.25, 0.3) is 11.6 Å². The lowest BCUT2D eigenvalue weighted by molar-refractivity contribution is -0.384. The lowest BCUT2D eigenvalue weighted by Crippen LogP contribution is -2.57. The van der Waals surface area contributed by atoms with Crippen LogP contribution in [0.4, 0.5) is 5.69 Å². The number of amides is 1. The Hall–Kier alpha value is -4.29. The van der Waals surface area contributed by atoms with E-state index in [2.05, 4.69) is 77.7 Å². The van der Waals surface area contributed by atoms with Crippen molar-refractivity contribution in [1.82, 2.24) is 9.80 Å². The van der Waals surface area contributed by atoms with Crippen LogP contribution in [0.5, 0.6) is 0 Å². The van der Waals surface area contributed by atoms with Crippen molar-refractivity contribution in [2.75, 3.05) is 26.2 Å². The van der Waals surface area contributed by atoms with Crippen LogP contribution >= 0.6 is 0 Å². The number of non-ortho nitro benzene ring substituents is 1. The zero-order valence-electron chi connectivity index (χ0n) is 19.9. The Morgan fingerprint density at radius 1 is 0.667 bits per heavy atom. The zero-order valence-corrected chi connectivity index (χ0v) is 19.9. The van der Waals surface area contributed by atoms with Gasteiger partial charge in [-0.25, -0.2) is 0 Å². The fourth-order valence-corrected chi connectivity index (χ4v) is 5.27. The van der Waals surface area contributed by atoms with Gasteiger partial charge in [-0.2, -0.15) is 0 Å². The number of piperazine rings is 1. The first-order chi connectivity index (χ1) is 17.6. The van der Waals surface area contributed by atoms with E-state index in [-0.39, 0.29) is 11.6 Å². The number of carbonyl (C=O) groups excluding carboxylic acids is 1. The highest BCUT2D eigenvalue weighted by molar-refractivity contribution is 5.95. The molecule has 0 unspecified atom stereocenters. The van der Waals surface area contributed by atoms with Gasteiger partial charge < -0.3 is 4.90 Å². The Labute approximate surface area is 210 Å². The molecule has 4 aromatic rings.